The van der Waals surface area contributed by atoms with E-state index in [9.17, 15) is 9.59 Å². The maximum Gasteiger partial charge on any atom is 0.224 e. The summed E-state index contributed by atoms with van der Waals surface area (Å²) in [6.07, 6.45) is 0.470. The van der Waals surface area contributed by atoms with E-state index >= 15 is 0 Å². The summed E-state index contributed by atoms with van der Waals surface area (Å²) in [4.78, 5) is 21.9. The quantitative estimate of drug-likeness (QED) is 0.810. The van der Waals surface area contributed by atoms with E-state index in [1.54, 1.807) is 25.3 Å². The smallest absolute Gasteiger partial charge is 0.224 e. The number of amides is 2. The Hall–Kier alpha value is -2.73. The maximum absolute atomic E-state index is 11.1. The van der Waals surface area contributed by atoms with Gasteiger partial charge >= 0.3 is 0 Å². The van der Waals surface area contributed by atoms with Crippen LogP contribution in [0.5, 0.6) is 11.5 Å². The van der Waals surface area contributed by atoms with Gasteiger partial charge in [-0.2, -0.15) is 0 Å². The van der Waals surface area contributed by atoms with Gasteiger partial charge in [-0.1, -0.05) is 30.7 Å². The molecule has 2 aromatic rings. The molecule has 2 aromatic carbocycles. The summed E-state index contributed by atoms with van der Waals surface area (Å²) in [7, 11) is 3.12. The fourth-order valence-electron chi connectivity index (χ4n) is 1.95. The van der Waals surface area contributed by atoms with Gasteiger partial charge in [0.05, 0.1) is 25.6 Å². The third-order valence-corrected chi connectivity index (χ3v) is 3.41. The molecule has 0 aliphatic heterocycles. The van der Waals surface area contributed by atoms with Crippen molar-refractivity contribution in [3.8, 4) is 11.5 Å². The van der Waals surface area contributed by atoms with Gasteiger partial charge in [0.25, 0.3) is 0 Å². The van der Waals surface area contributed by atoms with E-state index in [1.807, 2.05) is 31.2 Å². The summed E-state index contributed by atoms with van der Waals surface area (Å²) in [6, 6.07) is 12.4. The number of ether oxygens (including phenoxy) is 2. The van der Waals surface area contributed by atoms with Gasteiger partial charge in [0.15, 0.2) is 0 Å². The van der Waals surface area contributed by atoms with Crippen molar-refractivity contribution in [3.05, 3.63) is 47.5 Å². The lowest BCUT2D eigenvalue weighted by atomic mass is 10.3. The molecule has 0 radical (unpaired) electrons. The van der Waals surface area contributed by atoms with E-state index in [0.29, 0.717) is 28.6 Å². The zero-order valence-electron chi connectivity index (χ0n) is 15.3. The highest BCUT2D eigenvalue weighted by atomic mass is 35.5. The van der Waals surface area contributed by atoms with Crippen molar-refractivity contribution in [3.63, 3.8) is 0 Å². The Balaban J connectivity index is 0.000000260. The van der Waals surface area contributed by atoms with Gasteiger partial charge in [-0.05, 0) is 30.3 Å². The molecule has 0 fully saturated rings. The van der Waals surface area contributed by atoms with E-state index < -0.39 is 0 Å². The number of rotatable bonds is 5. The van der Waals surface area contributed by atoms with Crippen LogP contribution in [-0.4, -0.2) is 26.0 Å². The van der Waals surface area contributed by atoms with Crippen molar-refractivity contribution in [2.24, 2.45) is 0 Å². The molecule has 2 rings (SSSR count). The standard InChI is InChI=1S/C10H13NO2.C9H10ClNO2/c1-3-10(12)11-8-6-4-5-7-9(8)13-2;1-6(12)11-8-5-7(10)3-4-9(8)13-2/h4-7H,3H2,1-2H3,(H,11,12);3-5H,1-2H3,(H,11,12). The van der Waals surface area contributed by atoms with Crippen molar-refractivity contribution in [1.29, 1.82) is 0 Å². The number of carbonyl (C=O) groups is 2. The second-order valence-corrected chi connectivity index (χ2v) is 5.56. The predicted molar refractivity (Wildman–Crippen MR) is 104 cm³/mol. The minimum atomic E-state index is -0.152. The lowest BCUT2D eigenvalue weighted by molar-refractivity contribution is -0.116. The first-order valence-corrected chi connectivity index (χ1v) is 8.33. The predicted octanol–water partition coefficient (Wildman–Crippen LogP) is 4.35. The summed E-state index contributed by atoms with van der Waals surface area (Å²) in [6.45, 7) is 3.24. The monoisotopic (exact) mass is 378 g/mol. The first kappa shape index (κ1) is 21.3. The number of hydrogen-bond donors (Lipinski definition) is 2. The molecule has 140 valence electrons. The van der Waals surface area contributed by atoms with Crippen molar-refractivity contribution < 1.29 is 19.1 Å². The normalized spacial score (nSPS) is 9.42. The van der Waals surface area contributed by atoms with Gasteiger partial charge in [0.1, 0.15) is 11.5 Å². The van der Waals surface area contributed by atoms with Crippen LogP contribution in [0.25, 0.3) is 0 Å². The van der Waals surface area contributed by atoms with Crippen LogP contribution in [0.2, 0.25) is 5.02 Å². The number of anilines is 2. The summed E-state index contributed by atoms with van der Waals surface area (Å²) >= 11 is 5.75. The first-order chi connectivity index (χ1) is 12.4. The summed E-state index contributed by atoms with van der Waals surface area (Å²) in [5, 5.41) is 5.92. The lowest BCUT2D eigenvalue weighted by Crippen LogP contribution is -2.10. The minimum absolute atomic E-state index is 0.00972. The van der Waals surface area contributed by atoms with E-state index in [0.717, 1.165) is 5.69 Å². The third-order valence-electron chi connectivity index (χ3n) is 3.17. The molecule has 0 heterocycles. The molecule has 7 heteroatoms. The maximum atomic E-state index is 11.1. The molecular formula is C19H23ClN2O4. The summed E-state index contributed by atoms with van der Waals surface area (Å²) in [5.74, 6) is 1.12. The van der Waals surface area contributed by atoms with E-state index in [-0.39, 0.29) is 11.8 Å². The molecule has 26 heavy (non-hydrogen) atoms. The topological polar surface area (TPSA) is 76.7 Å². The van der Waals surface area contributed by atoms with Crippen LogP contribution >= 0.6 is 11.6 Å². The zero-order chi connectivity index (χ0) is 19.5. The average molecular weight is 379 g/mol. The highest BCUT2D eigenvalue weighted by molar-refractivity contribution is 6.31. The van der Waals surface area contributed by atoms with Crippen LogP contribution in [0, 0.1) is 0 Å². The highest BCUT2D eigenvalue weighted by Crippen LogP contribution is 2.27. The molecule has 0 aliphatic carbocycles. The average Bonchev–Trinajstić information content (AvgIpc) is 2.62. The Morgan fingerprint density at radius 2 is 1.58 bits per heavy atom. The molecule has 0 bridgehead atoms. The molecule has 0 unspecified atom stereocenters. The number of para-hydroxylation sites is 2. The zero-order valence-corrected chi connectivity index (χ0v) is 16.0. The van der Waals surface area contributed by atoms with Crippen LogP contribution in [-0.2, 0) is 9.59 Å². The molecule has 0 atom stereocenters. The number of nitrogens with one attached hydrogen (secondary N) is 2. The van der Waals surface area contributed by atoms with Crippen LogP contribution in [0.15, 0.2) is 42.5 Å². The molecule has 0 aliphatic rings. The fraction of sp³-hybridized carbons (Fsp3) is 0.263. The third kappa shape index (κ3) is 7.03. The molecule has 6 nitrogen and oxygen atoms in total. The number of hydrogen-bond acceptors (Lipinski definition) is 4. The molecule has 0 saturated heterocycles. The largest absolute Gasteiger partial charge is 0.495 e. The van der Waals surface area contributed by atoms with Crippen molar-refractivity contribution in [1.82, 2.24) is 0 Å². The van der Waals surface area contributed by atoms with E-state index in [2.05, 4.69) is 10.6 Å². The van der Waals surface area contributed by atoms with Crippen molar-refractivity contribution in [2.45, 2.75) is 20.3 Å². The molecule has 2 amide bonds. The van der Waals surface area contributed by atoms with Crippen LogP contribution in [0.1, 0.15) is 20.3 Å². The number of benzene rings is 2. The SMILES string of the molecule is CCC(=O)Nc1ccccc1OC.COc1ccc(Cl)cc1NC(C)=O. The Labute approximate surface area is 158 Å². The van der Waals surface area contributed by atoms with Crippen LogP contribution in [0.3, 0.4) is 0 Å². The minimum Gasteiger partial charge on any atom is -0.495 e. The molecule has 0 saturated carbocycles. The number of methoxy groups -OCH3 is 2. The van der Waals surface area contributed by atoms with Crippen molar-refractivity contribution in [2.75, 3.05) is 24.9 Å². The number of carbonyl (C=O) groups excluding carboxylic acids is 2. The van der Waals surface area contributed by atoms with Gasteiger partial charge in [0, 0.05) is 18.4 Å². The Kier molecular flexibility index (Phi) is 9.01. The second kappa shape index (κ2) is 11.0. The van der Waals surface area contributed by atoms with Gasteiger partial charge in [-0.3, -0.25) is 9.59 Å². The molecule has 0 aromatic heterocycles. The lowest BCUT2D eigenvalue weighted by Gasteiger charge is -2.08. The molecule has 2 N–H and O–H groups in total. The Morgan fingerprint density at radius 3 is 2.15 bits per heavy atom. The summed E-state index contributed by atoms with van der Waals surface area (Å²) in [5.41, 5.74) is 1.30. The van der Waals surface area contributed by atoms with Crippen LogP contribution in [0.4, 0.5) is 11.4 Å². The van der Waals surface area contributed by atoms with Crippen LogP contribution < -0.4 is 20.1 Å². The van der Waals surface area contributed by atoms with E-state index in [4.69, 9.17) is 21.1 Å². The molecular weight excluding hydrogens is 356 g/mol. The Bertz CT molecular complexity index is 750. The van der Waals surface area contributed by atoms with Crippen molar-refractivity contribution >= 4 is 34.8 Å². The van der Waals surface area contributed by atoms with Gasteiger partial charge in [-0.25, -0.2) is 0 Å². The fourth-order valence-corrected chi connectivity index (χ4v) is 2.13. The van der Waals surface area contributed by atoms with Gasteiger partial charge < -0.3 is 20.1 Å². The highest BCUT2D eigenvalue weighted by Gasteiger charge is 2.04. The summed E-state index contributed by atoms with van der Waals surface area (Å²) < 4.78 is 10.1. The first-order valence-electron chi connectivity index (χ1n) is 7.95. The molecule has 0 spiro atoms. The van der Waals surface area contributed by atoms with Gasteiger partial charge in [0.2, 0.25) is 11.8 Å². The second-order valence-electron chi connectivity index (χ2n) is 5.13. The van der Waals surface area contributed by atoms with Gasteiger partial charge in [-0.15, -0.1) is 0 Å². The van der Waals surface area contributed by atoms with E-state index in [1.165, 1.54) is 14.0 Å². The Morgan fingerprint density at radius 1 is 0.962 bits per heavy atom. The number of halogens is 1.